The molecule has 3 atom stereocenters. The Morgan fingerprint density at radius 3 is 2.54 bits per heavy atom. The molecule has 4 rings (SSSR count). The summed E-state index contributed by atoms with van der Waals surface area (Å²) in [6.07, 6.45) is 8.90. The van der Waals surface area contributed by atoms with E-state index < -0.39 is 0 Å². The lowest BCUT2D eigenvalue weighted by Crippen LogP contribution is -2.40. The van der Waals surface area contributed by atoms with Crippen molar-refractivity contribution in [1.82, 2.24) is 9.80 Å². The second kappa shape index (κ2) is 6.87. The number of rotatable bonds is 4. The Hall–Kier alpha value is -1.35. The second-order valence-electron chi connectivity index (χ2n) is 8.01. The van der Waals surface area contributed by atoms with Crippen molar-refractivity contribution in [3.63, 3.8) is 0 Å². The minimum atomic E-state index is 0.198. The molecule has 2 saturated heterocycles. The third kappa shape index (κ3) is 2.99. The van der Waals surface area contributed by atoms with Crippen LogP contribution in [-0.4, -0.2) is 40.9 Å². The van der Waals surface area contributed by atoms with Crippen molar-refractivity contribution < 1.29 is 4.79 Å². The predicted octanol–water partition coefficient (Wildman–Crippen LogP) is 4.00. The van der Waals surface area contributed by atoms with E-state index in [1.54, 1.807) is 0 Å². The highest BCUT2D eigenvalue weighted by molar-refractivity contribution is 5.80. The molecule has 1 aromatic carbocycles. The summed E-state index contributed by atoms with van der Waals surface area (Å²) in [5, 5.41) is 0. The molecule has 130 valence electrons. The van der Waals surface area contributed by atoms with E-state index in [1.165, 1.54) is 50.8 Å². The van der Waals surface area contributed by atoms with Crippen LogP contribution in [0.15, 0.2) is 30.3 Å². The van der Waals surface area contributed by atoms with Gasteiger partial charge in [0.25, 0.3) is 0 Å². The van der Waals surface area contributed by atoms with Crippen LogP contribution in [0.2, 0.25) is 0 Å². The van der Waals surface area contributed by atoms with Crippen LogP contribution in [0.3, 0.4) is 0 Å². The molecule has 1 aliphatic carbocycles. The maximum atomic E-state index is 12.7. The van der Waals surface area contributed by atoms with E-state index in [4.69, 9.17) is 0 Å². The third-order valence-corrected chi connectivity index (χ3v) is 6.57. The van der Waals surface area contributed by atoms with Gasteiger partial charge in [-0.1, -0.05) is 49.6 Å². The minimum Gasteiger partial charge on any atom is -0.331 e. The van der Waals surface area contributed by atoms with Crippen LogP contribution in [0.25, 0.3) is 0 Å². The lowest BCUT2D eigenvalue weighted by atomic mass is 9.89. The molecule has 1 aromatic rings. The monoisotopic (exact) mass is 326 g/mol. The lowest BCUT2D eigenvalue weighted by molar-refractivity contribution is -0.131. The predicted molar refractivity (Wildman–Crippen MR) is 96.7 cm³/mol. The largest absolute Gasteiger partial charge is 0.331 e. The number of carbonyl (C=O) groups is 1. The van der Waals surface area contributed by atoms with E-state index in [0.717, 1.165) is 18.8 Å². The summed E-state index contributed by atoms with van der Waals surface area (Å²) in [5.74, 6) is 1.22. The Balaban J connectivity index is 1.45. The van der Waals surface area contributed by atoms with Gasteiger partial charge in [-0.25, -0.2) is 0 Å². The molecule has 1 unspecified atom stereocenters. The summed E-state index contributed by atoms with van der Waals surface area (Å²) in [6, 6.07) is 11.6. The molecular formula is C21H30N2O. The molecule has 0 bridgehead atoms. The first-order chi connectivity index (χ1) is 11.7. The van der Waals surface area contributed by atoms with Gasteiger partial charge in [-0.15, -0.1) is 0 Å². The molecule has 24 heavy (non-hydrogen) atoms. The Morgan fingerprint density at radius 1 is 1.04 bits per heavy atom. The zero-order valence-electron chi connectivity index (χ0n) is 14.9. The minimum absolute atomic E-state index is 0.198. The molecule has 2 heterocycles. The summed E-state index contributed by atoms with van der Waals surface area (Å²) in [7, 11) is 0. The van der Waals surface area contributed by atoms with Crippen molar-refractivity contribution in [2.24, 2.45) is 5.92 Å². The fraction of sp³-hybridized carbons (Fsp3) is 0.667. The van der Waals surface area contributed by atoms with Crippen LogP contribution in [0.4, 0.5) is 0 Å². The molecule has 3 nitrogen and oxygen atoms in total. The fourth-order valence-corrected chi connectivity index (χ4v) is 5.28. The van der Waals surface area contributed by atoms with Crippen molar-refractivity contribution in [3.05, 3.63) is 35.9 Å². The molecule has 0 radical (unpaired) electrons. The number of likely N-dealkylation sites (tertiary alicyclic amines) is 2. The quantitative estimate of drug-likeness (QED) is 0.835. The first-order valence-corrected chi connectivity index (χ1v) is 9.84. The Morgan fingerprint density at radius 2 is 1.79 bits per heavy atom. The molecule has 0 spiro atoms. The maximum absolute atomic E-state index is 12.7. The summed E-state index contributed by atoms with van der Waals surface area (Å²) in [5.41, 5.74) is 1.26. The van der Waals surface area contributed by atoms with Gasteiger partial charge < -0.3 is 4.90 Å². The van der Waals surface area contributed by atoms with Crippen molar-refractivity contribution >= 4 is 5.91 Å². The Bertz CT molecular complexity index is 566. The second-order valence-corrected chi connectivity index (χ2v) is 8.01. The van der Waals surface area contributed by atoms with Crippen molar-refractivity contribution in [2.75, 3.05) is 13.1 Å². The van der Waals surface area contributed by atoms with Crippen LogP contribution >= 0.6 is 0 Å². The van der Waals surface area contributed by atoms with Gasteiger partial charge in [0.15, 0.2) is 0 Å². The zero-order valence-corrected chi connectivity index (χ0v) is 14.9. The van der Waals surface area contributed by atoms with Gasteiger partial charge in [0.2, 0.25) is 5.91 Å². The molecule has 3 heteroatoms. The normalized spacial score (nSPS) is 29.9. The molecule has 1 amide bonds. The van der Waals surface area contributed by atoms with Crippen molar-refractivity contribution in [1.29, 1.82) is 0 Å². The van der Waals surface area contributed by atoms with Gasteiger partial charge in [0.1, 0.15) is 0 Å². The average molecular weight is 326 g/mol. The number of fused-ring (bicyclic) bond motifs is 1. The number of nitrogens with zero attached hydrogens (tertiary/aromatic N) is 2. The van der Waals surface area contributed by atoms with E-state index >= 15 is 0 Å². The average Bonchev–Trinajstić information content (AvgIpc) is 3.14. The van der Waals surface area contributed by atoms with Gasteiger partial charge in [0, 0.05) is 31.6 Å². The van der Waals surface area contributed by atoms with Gasteiger partial charge >= 0.3 is 0 Å². The van der Waals surface area contributed by atoms with E-state index in [2.05, 4.69) is 41.0 Å². The molecule has 1 saturated carbocycles. The van der Waals surface area contributed by atoms with Gasteiger partial charge in [-0.2, -0.15) is 0 Å². The van der Waals surface area contributed by atoms with E-state index in [9.17, 15) is 4.79 Å². The lowest BCUT2D eigenvalue weighted by Gasteiger charge is -2.32. The summed E-state index contributed by atoms with van der Waals surface area (Å²) in [6.45, 7) is 4.60. The smallest absolute Gasteiger partial charge is 0.225 e. The van der Waals surface area contributed by atoms with E-state index in [1.807, 2.05) is 6.07 Å². The van der Waals surface area contributed by atoms with E-state index in [-0.39, 0.29) is 6.04 Å². The summed E-state index contributed by atoms with van der Waals surface area (Å²) in [4.78, 5) is 17.6. The van der Waals surface area contributed by atoms with Crippen molar-refractivity contribution in [2.45, 2.75) is 70.0 Å². The standard InChI is InChI=1S/C21H30N2O/c1-16(18-10-6-3-7-11-18)23-19-12-13-22(20(19)14-21(23)24)15-17-8-4-2-5-9-17/h3,6-7,10-11,16-17,19-20H,2,4-5,8-9,12-15H2,1H3/t16?,19-,20-/m0/s1. The number of benzene rings is 1. The van der Waals surface area contributed by atoms with Gasteiger partial charge in [0.05, 0.1) is 6.04 Å². The number of hydrogen-bond acceptors (Lipinski definition) is 2. The number of carbonyl (C=O) groups excluding carboxylic acids is 1. The highest BCUT2D eigenvalue weighted by Crippen LogP contribution is 2.39. The highest BCUT2D eigenvalue weighted by atomic mass is 16.2. The first kappa shape index (κ1) is 16.1. The molecule has 3 aliphatic rings. The Kier molecular flexibility index (Phi) is 4.62. The molecule has 0 N–H and O–H groups in total. The van der Waals surface area contributed by atoms with E-state index in [0.29, 0.717) is 18.0 Å². The third-order valence-electron chi connectivity index (χ3n) is 6.57. The molecular weight excluding hydrogens is 296 g/mol. The van der Waals surface area contributed by atoms with Crippen LogP contribution in [-0.2, 0) is 4.79 Å². The number of hydrogen-bond donors (Lipinski definition) is 0. The Labute approximate surface area is 146 Å². The SMILES string of the molecule is CC(c1ccccc1)N1C(=O)C[C@H]2[C@@H]1CCN2CC1CCCCC1. The molecule has 2 aliphatic heterocycles. The first-order valence-electron chi connectivity index (χ1n) is 9.84. The fourth-order valence-electron chi connectivity index (χ4n) is 5.28. The van der Waals surface area contributed by atoms with Gasteiger partial charge in [-0.05, 0) is 37.7 Å². The van der Waals surface area contributed by atoms with Crippen LogP contribution in [0.1, 0.15) is 63.5 Å². The topological polar surface area (TPSA) is 23.6 Å². The summed E-state index contributed by atoms with van der Waals surface area (Å²) >= 11 is 0. The zero-order chi connectivity index (χ0) is 16.5. The number of amides is 1. The van der Waals surface area contributed by atoms with Crippen LogP contribution < -0.4 is 0 Å². The highest BCUT2D eigenvalue weighted by Gasteiger charge is 2.48. The molecule has 0 aromatic heterocycles. The van der Waals surface area contributed by atoms with Crippen molar-refractivity contribution in [3.8, 4) is 0 Å². The molecule has 3 fully saturated rings. The maximum Gasteiger partial charge on any atom is 0.225 e. The van der Waals surface area contributed by atoms with Crippen LogP contribution in [0.5, 0.6) is 0 Å². The summed E-state index contributed by atoms with van der Waals surface area (Å²) < 4.78 is 0. The van der Waals surface area contributed by atoms with Crippen LogP contribution in [0, 0.1) is 5.92 Å². The van der Waals surface area contributed by atoms with Gasteiger partial charge in [-0.3, -0.25) is 9.69 Å².